The number of hydrogen-bond acceptors (Lipinski definition) is 5. The van der Waals surface area contributed by atoms with Crippen LogP contribution in [0, 0.1) is 0 Å². The summed E-state index contributed by atoms with van der Waals surface area (Å²) in [6, 6.07) is 5.55. The molecule has 2 aliphatic carbocycles. The van der Waals surface area contributed by atoms with Crippen molar-refractivity contribution in [2.75, 3.05) is 13.7 Å². The van der Waals surface area contributed by atoms with Gasteiger partial charge in [0.25, 0.3) is 0 Å². The molecule has 2 saturated carbocycles. The Bertz CT molecular complexity index is 633. The minimum Gasteiger partial charge on any atom is -0.493 e. The first-order valence-electron chi connectivity index (χ1n) is 8.60. The van der Waals surface area contributed by atoms with Crippen LogP contribution in [-0.2, 0) is 15.0 Å². The zero-order valence-electron chi connectivity index (χ0n) is 14.0. The highest BCUT2D eigenvalue weighted by atomic mass is 16.5. The van der Waals surface area contributed by atoms with Crippen molar-refractivity contribution in [2.24, 2.45) is 0 Å². The molecule has 0 heterocycles. The number of hydrogen-bond donors (Lipinski definition) is 1. The number of ether oxygens (including phenoxy) is 2. The second kappa shape index (κ2) is 6.93. The fourth-order valence-corrected chi connectivity index (χ4v) is 3.74. The summed E-state index contributed by atoms with van der Waals surface area (Å²) in [5, 5.41) is 9.97. The molecule has 1 aromatic carbocycles. The average Bonchev–Trinajstić information content (AvgIpc) is 3.10. The summed E-state index contributed by atoms with van der Waals surface area (Å²) in [4.78, 5) is 23.5. The van der Waals surface area contributed by atoms with Gasteiger partial charge in [-0.2, -0.15) is 0 Å². The summed E-state index contributed by atoms with van der Waals surface area (Å²) >= 11 is 0. The maximum atomic E-state index is 11.9. The van der Waals surface area contributed by atoms with Crippen molar-refractivity contribution in [2.45, 2.75) is 56.5 Å². The molecular formula is C19H24O5. The van der Waals surface area contributed by atoms with Crippen LogP contribution in [0.5, 0.6) is 11.5 Å². The number of methoxy groups -OCH3 is 1. The number of carbonyl (C=O) groups excluding carboxylic acids is 2. The normalized spacial score (nSPS) is 25.1. The summed E-state index contributed by atoms with van der Waals surface area (Å²) in [6.07, 6.45) is 5.31. The van der Waals surface area contributed by atoms with Gasteiger partial charge in [-0.1, -0.05) is 6.07 Å². The summed E-state index contributed by atoms with van der Waals surface area (Å²) < 4.78 is 11.5. The quantitative estimate of drug-likeness (QED) is 0.839. The summed E-state index contributed by atoms with van der Waals surface area (Å²) in [7, 11) is 1.60. The number of benzene rings is 1. The van der Waals surface area contributed by atoms with Gasteiger partial charge >= 0.3 is 0 Å². The maximum absolute atomic E-state index is 11.9. The van der Waals surface area contributed by atoms with E-state index in [1.807, 2.05) is 18.2 Å². The van der Waals surface area contributed by atoms with Gasteiger partial charge in [-0.05, 0) is 49.8 Å². The molecule has 0 amide bonds. The van der Waals surface area contributed by atoms with Crippen molar-refractivity contribution in [3.8, 4) is 11.5 Å². The molecule has 1 atom stereocenters. The Morgan fingerprint density at radius 1 is 1.17 bits per heavy atom. The van der Waals surface area contributed by atoms with Gasteiger partial charge in [0, 0.05) is 18.3 Å². The number of rotatable bonds is 5. The zero-order chi connectivity index (χ0) is 17.2. The maximum Gasteiger partial charge on any atom is 0.199 e. The van der Waals surface area contributed by atoms with Gasteiger partial charge in [-0.15, -0.1) is 0 Å². The Hall–Kier alpha value is -1.88. The predicted molar refractivity (Wildman–Crippen MR) is 88.5 cm³/mol. The van der Waals surface area contributed by atoms with Crippen LogP contribution in [0.4, 0.5) is 0 Å². The molecule has 2 aliphatic rings. The number of ketones is 2. The lowest BCUT2D eigenvalue weighted by Crippen LogP contribution is -2.40. The molecule has 0 spiro atoms. The first-order valence-corrected chi connectivity index (χ1v) is 8.60. The second-order valence-corrected chi connectivity index (χ2v) is 6.85. The third-order valence-corrected chi connectivity index (χ3v) is 5.32. The number of carbonyl (C=O) groups is 2. The molecule has 5 nitrogen and oxygen atoms in total. The molecule has 0 aromatic heterocycles. The van der Waals surface area contributed by atoms with E-state index in [9.17, 15) is 14.7 Å². The van der Waals surface area contributed by atoms with Crippen LogP contribution in [0.3, 0.4) is 0 Å². The van der Waals surface area contributed by atoms with E-state index in [1.54, 1.807) is 7.11 Å². The van der Waals surface area contributed by atoms with Crippen molar-refractivity contribution in [3.63, 3.8) is 0 Å². The molecule has 24 heavy (non-hydrogen) atoms. The second-order valence-electron chi connectivity index (χ2n) is 6.85. The standard InChI is InChI=1S/C19H24O5/c1-23-17-7-6-13(10-18(17)24-14-4-2-3-5-14)19(12-20)9-8-15(21)16(22)11-19/h6-7,10,14,20H,2-5,8-9,11-12H2,1H3. The van der Waals surface area contributed by atoms with Crippen molar-refractivity contribution in [1.82, 2.24) is 0 Å². The number of Topliss-reactive ketones (excluding diaryl/α,β-unsaturated/α-hetero) is 2. The predicted octanol–water partition coefficient (Wildman–Crippen LogP) is 2.57. The molecule has 5 heteroatoms. The Morgan fingerprint density at radius 2 is 1.92 bits per heavy atom. The van der Waals surface area contributed by atoms with Gasteiger partial charge < -0.3 is 14.6 Å². The lowest BCUT2D eigenvalue weighted by Gasteiger charge is -2.35. The lowest BCUT2D eigenvalue weighted by atomic mass is 9.69. The molecule has 0 bridgehead atoms. The van der Waals surface area contributed by atoms with Crippen molar-refractivity contribution >= 4 is 11.6 Å². The third kappa shape index (κ3) is 3.18. The van der Waals surface area contributed by atoms with Crippen molar-refractivity contribution in [1.29, 1.82) is 0 Å². The summed E-state index contributed by atoms with van der Waals surface area (Å²) in [5.74, 6) is 0.565. The molecule has 3 rings (SSSR count). The fraction of sp³-hybridized carbons (Fsp3) is 0.579. The van der Waals surface area contributed by atoms with E-state index in [0.717, 1.165) is 18.4 Å². The Balaban J connectivity index is 1.91. The molecular weight excluding hydrogens is 308 g/mol. The van der Waals surface area contributed by atoms with Crippen LogP contribution in [0.25, 0.3) is 0 Å². The van der Waals surface area contributed by atoms with E-state index < -0.39 is 11.2 Å². The molecule has 130 valence electrons. The molecule has 1 aromatic rings. The first kappa shape index (κ1) is 17.0. The Kier molecular flexibility index (Phi) is 4.90. The SMILES string of the molecule is COc1ccc(C2(CO)CCC(=O)C(=O)C2)cc1OC1CCCC1. The van der Waals surface area contributed by atoms with E-state index in [2.05, 4.69) is 0 Å². The average molecular weight is 332 g/mol. The monoisotopic (exact) mass is 332 g/mol. The lowest BCUT2D eigenvalue weighted by molar-refractivity contribution is -0.140. The molecule has 0 saturated heterocycles. The fourth-order valence-electron chi connectivity index (χ4n) is 3.74. The largest absolute Gasteiger partial charge is 0.493 e. The Morgan fingerprint density at radius 3 is 2.54 bits per heavy atom. The van der Waals surface area contributed by atoms with E-state index in [0.29, 0.717) is 17.9 Å². The van der Waals surface area contributed by atoms with Gasteiger partial charge in [-0.25, -0.2) is 0 Å². The zero-order valence-corrected chi connectivity index (χ0v) is 14.0. The summed E-state index contributed by atoms with van der Waals surface area (Å²) in [5.41, 5.74) is 0.130. The van der Waals surface area contributed by atoms with E-state index >= 15 is 0 Å². The highest BCUT2D eigenvalue weighted by Crippen LogP contribution is 2.41. The summed E-state index contributed by atoms with van der Waals surface area (Å²) in [6.45, 7) is -0.165. The van der Waals surface area contributed by atoms with E-state index in [-0.39, 0.29) is 31.3 Å². The minimum absolute atomic E-state index is 0.0531. The van der Waals surface area contributed by atoms with Gasteiger partial charge in [0.15, 0.2) is 23.1 Å². The van der Waals surface area contributed by atoms with Gasteiger partial charge in [0.1, 0.15) is 0 Å². The van der Waals surface area contributed by atoms with Gasteiger partial charge in [0.05, 0.1) is 19.8 Å². The first-order chi connectivity index (χ1) is 11.6. The van der Waals surface area contributed by atoms with Crippen LogP contribution in [0.15, 0.2) is 18.2 Å². The molecule has 1 N–H and O–H groups in total. The van der Waals surface area contributed by atoms with Crippen LogP contribution in [-0.4, -0.2) is 36.5 Å². The van der Waals surface area contributed by atoms with Crippen molar-refractivity contribution < 1.29 is 24.2 Å². The van der Waals surface area contributed by atoms with Crippen LogP contribution in [0.2, 0.25) is 0 Å². The smallest absolute Gasteiger partial charge is 0.199 e. The number of aliphatic hydroxyl groups excluding tert-OH is 1. The highest BCUT2D eigenvalue weighted by Gasteiger charge is 2.41. The number of aliphatic hydroxyl groups is 1. The van der Waals surface area contributed by atoms with E-state index in [1.165, 1.54) is 12.8 Å². The molecule has 2 fully saturated rings. The van der Waals surface area contributed by atoms with Crippen LogP contribution in [0.1, 0.15) is 50.5 Å². The van der Waals surface area contributed by atoms with Crippen LogP contribution >= 0.6 is 0 Å². The van der Waals surface area contributed by atoms with Gasteiger partial charge in [-0.3, -0.25) is 9.59 Å². The molecule has 1 unspecified atom stereocenters. The van der Waals surface area contributed by atoms with Gasteiger partial charge in [0.2, 0.25) is 0 Å². The highest BCUT2D eigenvalue weighted by molar-refractivity contribution is 6.38. The molecule has 0 radical (unpaired) electrons. The minimum atomic E-state index is -0.703. The van der Waals surface area contributed by atoms with Crippen LogP contribution < -0.4 is 9.47 Å². The Labute approximate surface area is 142 Å². The molecule has 0 aliphatic heterocycles. The van der Waals surface area contributed by atoms with E-state index in [4.69, 9.17) is 9.47 Å². The topological polar surface area (TPSA) is 72.8 Å². The van der Waals surface area contributed by atoms with Crippen molar-refractivity contribution in [3.05, 3.63) is 23.8 Å². The third-order valence-electron chi connectivity index (χ3n) is 5.32.